The number of aromatic amines is 1. The monoisotopic (exact) mass is 456 g/mol. The van der Waals surface area contributed by atoms with Gasteiger partial charge in [0, 0.05) is 0 Å². The Balaban J connectivity index is 2.23. The Morgan fingerprint density at radius 2 is 1.77 bits per heavy atom. The number of phosphoric acid groups is 1. The van der Waals surface area contributed by atoms with Crippen LogP contribution in [0.15, 0.2) is 21.7 Å². The van der Waals surface area contributed by atoms with E-state index in [4.69, 9.17) is 9.79 Å². The molecule has 168 valence electrons. The van der Waals surface area contributed by atoms with Crippen molar-refractivity contribution < 1.29 is 34.2 Å². The van der Waals surface area contributed by atoms with Gasteiger partial charge in [0.1, 0.15) is 18.3 Å². The molecule has 0 amide bonds. The van der Waals surface area contributed by atoms with E-state index in [1.807, 2.05) is 11.9 Å². The molecule has 1 aromatic rings. The van der Waals surface area contributed by atoms with Gasteiger partial charge in [-0.25, -0.2) is 14.3 Å². The molecule has 31 heavy (non-hydrogen) atoms. The molecule has 0 saturated carbocycles. The van der Waals surface area contributed by atoms with Crippen LogP contribution < -0.4 is 11.2 Å². The lowest BCUT2D eigenvalue weighted by atomic mass is 10.1. The topological polar surface area (TPSA) is 208 Å². The molecule has 0 spiro atoms. The molecule has 1 aromatic carbocycles. The second-order valence-electron chi connectivity index (χ2n) is 7.07. The number of rotatable bonds is 7. The van der Waals surface area contributed by atoms with E-state index in [9.17, 15) is 29.5 Å². The van der Waals surface area contributed by atoms with Crippen LogP contribution in [0.5, 0.6) is 0 Å². The molecule has 0 radical (unpaired) electrons. The minimum atomic E-state index is -5.15. The van der Waals surface area contributed by atoms with Crippen molar-refractivity contribution in [2.24, 2.45) is 0 Å². The van der Waals surface area contributed by atoms with Crippen molar-refractivity contribution in [3.8, 4) is 11.5 Å². The number of aromatic nitrogens is 4. The Labute approximate surface area is 174 Å². The highest BCUT2D eigenvalue weighted by molar-refractivity contribution is 7.46. The number of phosphoric ester groups is 1. The van der Waals surface area contributed by atoms with Crippen molar-refractivity contribution in [1.82, 2.24) is 19.5 Å². The molecular formula is C17H21N4O9P. The lowest BCUT2D eigenvalue weighted by Gasteiger charge is -2.28. The summed E-state index contributed by atoms with van der Waals surface area (Å²) in [5, 5.41) is 29.7. The van der Waals surface area contributed by atoms with Crippen LogP contribution >= 0.6 is 7.82 Å². The Morgan fingerprint density at radius 3 is 2.39 bits per heavy atom. The second kappa shape index (κ2) is 8.55. The second-order valence-corrected chi connectivity index (χ2v) is 8.26. The average molecular weight is 456 g/mol. The van der Waals surface area contributed by atoms with Crippen LogP contribution in [0.25, 0.3) is 22.6 Å². The van der Waals surface area contributed by atoms with E-state index >= 15 is 0 Å². The zero-order valence-corrected chi connectivity index (χ0v) is 17.4. The molecule has 3 atom stereocenters. The summed E-state index contributed by atoms with van der Waals surface area (Å²) in [7, 11) is -5.15. The van der Waals surface area contributed by atoms with Gasteiger partial charge in [0.25, 0.3) is 5.56 Å². The number of fused-ring (bicyclic) bond motifs is 2. The van der Waals surface area contributed by atoms with Crippen LogP contribution in [-0.2, 0) is 15.6 Å². The molecule has 3 rings (SSSR count). The van der Waals surface area contributed by atoms with Gasteiger partial charge in [-0.1, -0.05) is 0 Å². The van der Waals surface area contributed by atoms with Gasteiger partial charge < -0.3 is 29.7 Å². The summed E-state index contributed by atoms with van der Waals surface area (Å²) in [6.45, 7) is 2.17. The highest BCUT2D eigenvalue weighted by atomic mass is 31.2. The maximum atomic E-state index is 12.3. The molecule has 14 heteroatoms. The minimum Gasteiger partial charge on any atom is -0.394 e. The van der Waals surface area contributed by atoms with E-state index in [0.29, 0.717) is 11.0 Å². The van der Waals surface area contributed by atoms with Crippen LogP contribution in [0.2, 0.25) is 0 Å². The third-order valence-corrected chi connectivity index (χ3v) is 5.32. The van der Waals surface area contributed by atoms with Crippen molar-refractivity contribution in [3.05, 3.63) is 44.1 Å². The molecule has 0 saturated heterocycles. The van der Waals surface area contributed by atoms with Gasteiger partial charge >= 0.3 is 13.5 Å². The van der Waals surface area contributed by atoms with Gasteiger partial charge in [0.15, 0.2) is 11.5 Å². The van der Waals surface area contributed by atoms with Crippen LogP contribution in [0.1, 0.15) is 11.1 Å². The first kappa shape index (κ1) is 23.2. The minimum absolute atomic E-state index is 0.183. The summed E-state index contributed by atoms with van der Waals surface area (Å²) in [6, 6.07) is 3.36. The highest BCUT2D eigenvalue weighted by Crippen LogP contribution is 2.39. The van der Waals surface area contributed by atoms with Gasteiger partial charge in [-0.15, -0.1) is 0 Å². The van der Waals surface area contributed by atoms with Crippen molar-refractivity contribution in [3.63, 3.8) is 0 Å². The first-order chi connectivity index (χ1) is 14.4. The summed E-state index contributed by atoms with van der Waals surface area (Å²) in [4.78, 5) is 52.3. The van der Waals surface area contributed by atoms with Gasteiger partial charge in [0.05, 0.1) is 24.2 Å². The summed E-state index contributed by atoms with van der Waals surface area (Å²) >= 11 is 0. The van der Waals surface area contributed by atoms with E-state index in [0.717, 1.165) is 11.1 Å². The summed E-state index contributed by atoms with van der Waals surface area (Å²) in [5.41, 5.74) is 0.417. The number of H-pyrrole nitrogens is 1. The molecule has 0 aromatic heterocycles. The van der Waals surface area contributed by atoms with E-state index < -0.39 is 50.5 Å². The van der Waals surface area contributed by atoms with Crippen molar-refractivity contribution in [2.75, 3.05) is 6.61 Å². The Bertz CT molecular complexity index is 1250. The largest absolute Gasteiger partial charge is 0.470 e. The zero-order valence-electron chi connectivity index (χ0n) is 16.5. The Hall–Kier alpha value is -2.51. The molecule has 0 aliphatic carbocycles. The first-order valence-corrected chi connectivity index (χ1v) is 10.6. The van der Waals surface area contributed by atoms with Gasteiger partial charge in [-0.05, 0) is 37.1 Å². The first-order valence-electron chi connectivity index (χ1n) is 9.04. The SMILES string of the molecule is Cc1cc2nc3c(=O)[nH]c(=O)nc-3n(CC(O)C(OP(=O)(O)O)C(O)CO)c2cc1C. The van der Waals surface area contributed by atoms with Crippen molar-refractivity contribution in [1.29, 1.82) is 0 Å². The standard InChI is InChI=1S/C17H21N4O9P/c1-7-3-9-10(4-8(7)2)21(15-13(18-9)16(25)20-17(26)19-15)5-11(23)14(12(24)6-22)30-31(27,28)29/h3-4,11-12,14,22-24H,5-6H2,1-2H3,(H,20,25,26)(H2,27,28,29). The van der Waals surface area contributed by atoms with Gasteiger partial charge in [-0.3, -0.25) is 14.3 Å². The average Bonchev–Trinajstić information content (AvgIpc) is 2.66. The summed E-state index contributed by atoms with van der Waals surface area (Å²) in [5.74, 6) is -0.183. The number of aliphatic hydroxyl groups is 3. The maximum absolute atomic E-state index is 12.3. The fraction of sp³-hybridized carbons (Fsp3) is 0.412. The lowest BCUT2D eigenvalue weighted by Crippen LogP contribution is -2.43. The highest BCUT2D eigenvalue weighted by Gasteiger charge is 2.35. The fourth-order valence-electron chi connectivity index (χ4n) is 3.19. The van der Waals surface area contributed by atoms with Crippen LogP contribution in [0.3, 0.4) is 0 Å². The molecule has 13 nitrogen and oxygen atoms in total. The number of hydrogen-bond acceptors (Lipinski definition) is 9. The van der Waals surface area contributed by atoms with E-state index in [1.165, 1.54) is 4.57 Å². The predicted octanol–water partition coefficient (Wildman–Crippen LogP) is -1.61. The molecule has 2 aliphatic rings. The van der Waals surface area contributed by atoms with Crippen LogP contribution in [0, 0.1) is 13.8 Å². The van der Waals surface area contributed by atoms with E-state index in [1.54, 1.807) is 19.1 Å². The number of nitrogens with zero attached hydrogens (tertiary/aromatic N) is 3. The third kappa shape index (κ3) is 4.88. The van der Waals surface area contributed by atoms with Crippen LogP contribution in [0.4, 0.5) is 0 Å². The number of aryl methyl sites for hydroxylation is 2. The summed E-state index contributed by atoms with van der Waals surface area (Å²) < 4.78 is 17.0. The lowest BCUT2D eigenvalue weighted by molar-refractivity contribution is -0.0766. The Kier molecular flexibility index (Phi) is 6.39. The van der Waals surface area contributed by atoms with Crippen molar-refractivity contribution >= 4 is 18.9 Å². The molecule has 0 fully saturated rings. The molecule has 0 bridgehead atoms. The zero-order chi connectivity index (χ0) is 23.1. The van der Waals surface area contributed by atoms with E-state index in [2.05, 4.69) is 14.5 Å². The molecule has 6 N–H and O–H groups in total. The smallest absolute Gasteiger partial charge is 0.394 e. The van der Waals surface area contributed by atoms with Gasteiger partial charge in [-0.2, -0.15) is 4.98 Å². The molecule has 3 unspecified atom stereocenters. The molecule has 2 aliphatic heterocycles. The van der Waals surface area contributed by atoms with Crippen molar-refractivity contribution in [2.45, 2.75) is 38.7 Å². The molecular weight excluding hydrogens is 435 g/mol. The number of nitrogens with one attached hydrogen (secondary N) is 1. The third-order valence-electron chi connectivity index (χ3n) is 4.80. The Morgan fingerprint density at radius 1 is 1.13 bits per heavy atom. The van der Waals surface area contributed by atoms with E-state index in [-0.39, 0.29) is 11.5 Å². The number of hydrogen-bond donors (Lipinski definition) is 6. The quantitative estimate of drug-likeness (QED) is 0.176. The normalized spacial score (nSPS) is 15.3. The maximum Gasteiger partial charge on any atom is 0.470 e. The number of benzene rings is 1. The van der Waals surface area contributed by atoms with Gasteiger partial charge in [0.2, 0.25) is 0 Å². The fourth-order valence-corrected chi connectivity index (χ4v) is 3.78. The number of aliphatic hydroxyl groups excluding tert-OH is 3. The summed E-state index contributed by atoms with van der Waals surface area (Å²) in [6.07, 6.45) is -5.51. The van der Waals surface area contributed by atoms with Crippen LogP contribution in [-0.4, -0.2) is 69.5 Å². The predicted molar refractivity (Wildman–Crippen MR) is 107 cm³/mol. The molecule has 2 heterocycles.